The highest BCUT2D eigenvalue weighted by Gasteiger charge is 2.19. The number of nitrogens with zero attached hydrogens (tertiary/aromatic N) is 2. The smallest absolute Gasteiger partial charge is 0.336 e. The number of carboxylic acids is 1. The Hall–Kier alpha value is -3.45. The summed E-state index contributed by atoms with van der Waals surface area (Å²) in [6, 6.07) is 17.9. The SMILES string of the molecule is CCCCc1nc2ccc(S(=O)(=O)CC)cc2n1-c1ccc(-c2ccccc2C(=O)O)c(C)c1. The molecule has 0 radical (unpaired) electrons. The normalized spacial score (nSPS) is 11.7. The predicted molar refractivity (Wildman–Crippen MR) is 135 cm³/mol. The molecule has 0 atom stereocenters. The average molecular weight is 477 g/mol. The van der Waals surface area contributed by atoms with E-state index in [0.29, 0.717) is 5.56 Å². The first-order valence-corrected chi connectivity index (χ1v) is 13.1. The van der Waals surface area contributed by atoms with Gasteiger partial charge in [0, 0.05) is 12.1 Å². The van der Waals surface area contributed by atoms with Crippen molar-refractivity contribution in [1.29, 1.82) is 0 Å². The highest BCUT2D eigenvalue weighted by molar-refractivity contribution is 7.91. The summed E-state index contributed by atoms with van der Waals surface area (Å²) in [5.74, 6) is -0.0567. The molecule has 176 valence electrons. The van der Waals surface area contributed by atoms with Crippen LogP contribution in [0.5, 0.6) is 0 Å². The van der Waals surface area contributed by atoms with E-state index < -0.39 is 15.8 Å². The molecule has 0 aliphatic heterocycles. The number of carboxylic acid groups (broad SMARTS) is 1. The Labute approximate surface area is 199 Å². The molecule has 7 heteroatoms. The van der Waals surface area contributed by atoms with E-state index in [0.717, 1.165) is 52.9 Å². The van der Waals surface area contributed by atoms with Crippen molar-refractivity contribution in [2.45, 2.75) is 44.9 Å². The predicted octanol–water partition coefficient (Wildman–Crippen LogP) is 5.84. The molecule has 0 saturated carbocycles. The van der Waals surface area contributed by atoms with E-state index in [2.05, 4.69) is 6.92 Å². The fourth-order valence-electron chi connectivity index (χ4n) is 4.25. The quantitative estimate of drug-likeness (QED) is 0.345. The largest absolute Gasteiger partial charge is 0.478 e. The molecule has 1 N–H and O–H groups in total. The molecule has 0 unspecified atom stereocenters. The lowest BCUT2D eigenvalue weighted by Gasteiger charge is -2.14. The summed E-state index contributed by atoms with van der Waals surface area (Å²) >= 11 is 0. The minimum atomic E-state index is -3.36. The first-order valence-electron chi connectivity index (χ1n) is 11.4. The molecular formula is C27H28N2O4S. The molecule has 34 heavy (non-hydrogen) atoms. The van der Waals surface area contributed by atoms with Crippen LogP contribution in [0, 0.1) is 6.92 Å². The molecule has 0 saturated heterocycles. The van der Waals surface area contributed by atoms with Crippen LogP contribution in [0.15, 0.2) is 65.6 Å². The van der Waals surface area contributed by atoms with Crippen LogP contribution in [0.3, 0.4) is 0 Å². The third kappa shape index (κ3) is 4.35. The van der Waals surface area contributed by atoms with Crippen molar-refractivity contribution in [3.8, 4) is 16.8 Å². The molecular weight excluding hydrogens is 448 g/mol. The second-order valence-electron chi connectivity index (χ2n) is 8.37. The van der Waals surface area contributed by atoms with Gasteiger partial charge in [0.15, 0.2) is 9.84 Å². The van der Waals surface area contributed by atoms with Gasteiger partial charge in [-0.25, -0.2) is 18.2 Å². The number of sulfone groups is 1. The van der Waals surface area contributed by atoms with Gasteiger partial charge in [-0.2, -0.15) is 0 Å². The summed E-state index contributed by atoms with van der Waals surface area (Å²) in [7, 11) is -3.36. The molecule has 4 rings (SSSR count). The standard InChI is InChI=1S/C27H28N2O4S/c1-4-6-11-26-28-24-15-13-20(34(32,33)5-2)17-25(24)29(26)19-12-14-21(18(3)16-19)22-9-7-8-10-23(22)27(30)31/h7-10,12-17H,4-6,11H2,1-3H3,(H,30,31). The van der Waals surface area contributed by atoms with E-state index >= 15 is 0 Å². The summed E-state index contributed by atoms with van der Waals surface area (Å²) < 4.78 is 27.1. The van der Waals surface area contributed by atoms with E-state index in [9.17, 15) is 18.3 Å². The molecule has 3 aromatic carbocycles. The van der Waals surface area contributed by atoms with Gasteiger partial charge >= 0.3 is 5.97 Å². The molecule has 0 bridgehead atoms. The third-order valence-corrected chi connectivity index (χ3v) is 7.84. The third-order valence-electron chi connectivity index (χ3n) is 6.10. The fourth-order valence-corrected chi connectivity index (χ4v) is 5.15. The molecule has 0 amide bonds. The van der Waals surface area contributed by atoms with Crippen molar-refractivity contribution in [2.24, 2.45) is 0 Å². The molecule has 0 aliphatic rings. The van der Waals surface area contributed by atoms with Gasteiger partial charge in [-0.1, -0.05) is 44.5 Å². The number of aryl methyl sites for hydroxylation is 2. The van der Waals surface area contributed by atoms with Crippen LogP contribution in [0.2, 0.25) is 0 Å². The van der Waals surface area contributed by atoms with Crippen LogP contribution < -0.4 is 0 Å². The molecule has 1 heterocycles. The minimum absolute atomic E-state index is 0.0339. The Kier molecular flexibility index (Phi) is 6.57. The van der Waals surface area contributed by atoms with Crippen molar-refractivity contribution in [1.82, 2.24) is 9.55 Å². The van der Waals surface area contributed by atoms with Crippen LogP contribution in [-0.4, -0.2) is 34.8 Å². The van der Waals surface area contributed by atoms with Gasteiger partial charge in [0.05, 0.1) is 27.2 Å². The summed E-state index contributed by atoms with van der Waals surface area (Å²) in [6.45, 7) is 5.72. The first-order chi connectivity index (χ1) is 16.3. The van der Waals surface area contributed by atoms with Crippen molar-refractivity contribution < 1.29 is 18.3 Å². The van der Waals surface area contributed by atoms with Crippen LogP contribution in [0.1, 0.15) is 48.4 Å². The number of benzene rings is 3. The number of carbonyl (C=O) groups is 1. The molecule has 0 fully saturated rings. The molecule has 1 aromatic heterocycles. The fraction of sp³-hybridized carbons (Fsp3) is 0.259. The summed E-state index contributed by atoms with van der Waals surface area (Å²) in [4.78, 5) is 16.8. The van der Waals surface area contributed by atoms with Gasteiger partial charge in [0.2, 0.25) is 0 Å². The zero-order valence-electron chi connectivity index (χ0n) is 19.6. The zero-order valence-corrected chi connectivity index (χ0v) is 20.4. The first kappa shape index (κ1) is 23.7. The zero-order chi connectivity index (χ0) is 24.5. The van der Waals surface area contributed by atoms with Crippen molar-refractivity contribution in [2.75, 3.05) is 5.75 Å². The van der Waals surface area contributed by atoms with Crippen LogP contribution >= 0.6 is 0 Å². The lowest BCUT2D eigenvalue weighted by molar-refractivity contribution is 0.0697. The van der Waals surface area contributed by atoms with Crippen molar-refractivity contribution in [3.05, 3.63) is 77.6 Å². The van der Waals surface area contributed by atoms with Gasteiger partial charge in [-0.15, -0.1) is 0 Å². The maximum atomic E-state index is 12.5. The highest BCUT2D eigenvalue weighted by Crippen LogP contribution is 2.31. The van der Waals surface area contributed by atoms with Crippen molar-refractivity contribution in [3.63, 3.8) is 0 Å². The second kappa shape index (κ2) is 9.43. The van der Waals surface area contributed by atoms with E-state index in [1.54, 1.807) is 37.3 Å². The Bertz CT molecular complexity index is 1490. The number of unbranched alkanes of at least 4 members (excludes halogenated alkanes) is 1. The molecule has 4 aromatic rings. The number of aromatic carboxylic acids is 1. The summed E-state index contributed by atoms with van der Waals surface area (Å²) in [6.07, 6.45) is 2.75. The monoisotopic (exact) mass is 476 g/mol. The van der Waals surface area contributed by atoms with Gasteiger partial charge in [-0.05, 0) is 66.4 Å². The molecule has 0 spiro atoms. The maximum absolute atomic E-state index is 12.5. The molecule has 6 nitrogen and oxygen atoms in total. The van der Waals surface area contributed by atoms with Gasteiger partial charge < -0.3 is 5.11 Å². The van der Waals surface area contributed by atoms with Crippen LogP contribution in [0.4, 0.5) is 0 Å². The van der Waals surface area contributed by atoms with Crippen LogP contribution in [-0.2, 0) is 16.3 Å². The number of aromatic nitrogens is 2. The van der Waals surface area contributed by atoms with Crippen LogP contribution in [0.25, 0.3) is 27.8 Å². The average Bonchev–Trinajstić information content (AvgIpc) is 3.20. The maximum Gasteiger partial charge on any atom is 0.336 e. The Morgan fingerprint density at radius 1 is 1.00 bits per heavy atom. The van der Waals surface area contributed by atoms with Gasteiger partial charge in [0.1, 0.15) is 5.82 Å². The Morgan fingerprint density at radius 3 is 2.44 bits per heavy atom. The van der Waals surface area contributed by atoms with E-state index in [1.165, 1.54) is 0 Å². The topological polar surface area (TPSA) is 89.3 Å². The number of rotatable bonds is 8. The Morgan fingerprint density at radius 2 is 1.76 bits per heavy atom. The summed E-state index contributed by atoms with van der Waals surface area (Å²) in [5.41, 5.74) is 5.05. The minimum Gasteiger partial charge on any atom is -0.478 e. The number of imidazole rings is 1. The van der Waals surface area contributed by atoms with E-state index in [4.69, 9.17) is 4.98 Å². The number of hydrogen-bond donors (Lipinski definition) is 1. The van der Waals surface area contributed by atoms with Gasteiger partial charge in [-0.3, -0.25) is 4.57 Å². The molecule has 0 aliphatic carbocycles. The van der Waals surface area contributed by atoms with Gasteiger partial charge in [0.25, 0.3) is 0 Å². The van der Waals surface area contributed by atoms with E-state index in [1.807, 2.05) is 41.8 Å². The second-order valence-corrected chi connectivity index (χ2v) is 10.6. The lowest BCUT2D eigenvalue weighted by atomic mass is 9.95. The Balaban J connectivity index is 1.91. The lowest BCUT2D eigenvalue weighted by Crippen LogP contribution is -2.05. The highest BCUT2D eigenvalue weighted by atomic mass is 32.2. The number of fused-ring (bicyclic) bond motifs is 1. The van der Waals surface area contributed by atoms with E-state index in [-0.39, 0.29) is 16.2 Å². The summed E-state index contributed by atoms with van der Waals surface area (Å²) in [5, 5.41) is 9.61. The van der Waals surface area contributed by atoms with Crippen molar-refractivity contribution >= 4 is 26.8 Å². The number of hydrogen-bond acceptors (Lipinski definition) is 4.